The lowest BCUT2D eigenvalue weighted by Crippen LogP contribution is -2.53. The van der Waals surface area contributed by atoms with Crippen LogP contribution in [-0.4, -0.2) is 58.5 Å². The lowest BCUT2D eigenvalue weighted by Gasteiger charge is -2.34. The average molecular weight is 658 g/mol. The molecule has 0 spiro atoms. The number of amides is 2. The van der Waals surface area contributed by atoms with Gasteiger partial charge < -0.3 is 19.7 Å². The number of hydrogen-bond acceptors (Lipinski definition) is 6. The van der Waals surface area contributed by atoms with Gasteiger partial charge in [0.1, 0.15) is 24.1 Å². The Morgan fingerprint density at radius 2 is 1.51 bits per heavy atom. The molecule has 0 aliphatic heterocycles. The number of nitrogens with one attached hydrogen (secondary N) is 1. The molecule has 0 heterocycles. The average Bonchev–Trinajstić information content (AvgIpc) is 3.09. The molecule has 0 radical (unpaired) electrons. The van der Waals surface area contributed by atoms with Crippen molar-refractivity contribution in [3.8, 4) is 11.5 Å². The van der Waals surface area contributed by atoms with Gasteiger partial charge in [0.2, 0.25) is 11.8 Å². The van der Waals surface area contributed by atoms with Crippen molar-refractivity contribution >= 4 is 27.5 Å². The van der Waals surface area contributed by atoms with E-state index in [1.54, 1.807) is 55.6 Å². The summed E-state index contributed by atoms with van der Waals surface area (Å²) in [6.45, 7) is 3.82. The predicted molar refractivity (Wildman–Crippen MR) is 184 cm³/mol. The summed E-state index contributed by atoms with van der Waals surface area (Å²) in [5.41, 5.74) is 2.69. The van der Waals surface area contributed by atoms with Crippen LogP contribution in [0.25, 0.3) is 0 Å². The maximum Gasteiger partial charge on any atom is 0.264 e. The summed E-state index contributed by atoms with van der Waals surface area (Å²) in [6.07, 6.45) is 1.90. The van der Waals surface area contributed by atoms with E-state index in [-0.39, 0.29) is 35.2 Å². The lowest BCUT2D eigenvalue weighted by molar-refractivity contribution is -0.140. The number of ether oxygens (including phenoxy) is 2. The van der Waals surface area contributed by atoms with Gasteiger partial charge >= 0.3 is 0 Å². The van der Waals surface area contributed by atoms with Crippen LogP contribution in [0.15, 0.2) is 108 Å². The van der Waals surface area contributed by atoms with Crippen molar-refractivity contribution in [2.45, 2.75) is 50.6 Å². The maximum atomic E-state index is 14.7. The van der Waals surface area contributed by atoms with E-state index < -0.39 is 28.5 Å². The number of sulfonamides is 1. The van der Waals surface area contributed by atoms with Gasteiger partial charge in [-0.2, -0.15) is 0 Å². The molecule has 1 atom stereocenters. The van der Waals surface area contributed by atoms with Crippen LogP contribution in [0.4, 0.5) is 5.69 Å². The highest BCUT2D eigenvalue weighted by Crippen LogP contribution is 2.33. The summed E-state index contributed by atoms with van der Waals surface area (Å²) < 4.78 is 40.6. The fourth-order valence-corrected chi connectivity index (χ4v) is 6.64. The standard InChI is InChI=1S/C37H43N3O6S/c1-5-6-23-38-37(42)34(25-29-13-8-7-9-14-29)39(26-30-15-12-16-31(24-30)45-3)36(41)27-40(33-17-10-11-18-35(33)46-4)47(43,44)32-21-19-28(2)20-22-32/h7-22,24,34H,5-6,23,25-27H2,1-4H3,(H,38,42)/t34-/m0/s1. The van der Waals surface area contributed by atoms with Gasteiger partial charge in [0, 0.05) is 19.5 Å². The Labute approximate surface area is 278 Å². The predicted octanol–water partition coefficient (Wildman–Crippen LogP) is 5.76. The Morgan fingerprint density at radius 1 is 0.830 bits per heavy atom. The smallest absolute Gasteiger partial charge is 0.264 e. The number of methoxy groups -OCH3 is 2. The number of carbonyl (C=O) groups excluding carboxylic acids is 2. The summed E-state index contributed by atoms with van der Waals surface area (Å²) in [7, 11) is -1.25. The van der Waals surface area contributed by atoms with Gasteiger partial charge in [-0.05, 0) is 60.9 Å². The van der Waals surface area contributed by atoms with Crippen LogP contribution in [0.3, 0.4) is 0 Å². The van der Waals surface area contributed by atoms with Crippen LogP contribution in [0.2, 0.25) is 0 Å². The van der Waals surface area contributed by atoms with Crippen LogP contribution in [-0.2, 0) is 32.6 Å². The Morgan fingerprint density at radius 3 is 2.19 bits per heavy atom. The van der Waals surface area contributed by atoms with E-state index in [4.69, 9.17) is 9.47 Å². The van der Waals surface area contributed by atoms with E-state index in [9.17, 15) is 18.0 Å². The summed E-state index contributed by atoms with van der Waals surface area (Å²) in [4.78, 5) is 30.1. The van der Waals surface area contributed by atoms with Crippen molar-refractivity contribution in [1.82, 2.24) is 10.2 Å². The fourth-order valence-electron chi connectivity index (χ4n) is 5.21. The number of nitrogens with zero attached hydrogens (tertiary/aromatic N) is 2. The molecule has 0 bridgehead atoms. The first-order chi connectivity index (χ1) is 22.7. The molecule has 248 valence electrons. The number of benzene rings is 4. The highest BCUT2D eigenvalue weighted by Gasteiger charge is 2.35. The molecule has 2 amide bonds. The maximum absolute atomic E-state index is 14.7. The van der Waals surface area contributed by atoms with Crippen molar-refractivity contribution < 1.29 is 27.5 Å². The normalized spacial score (nSPS) is 11.7. The van der Waals surface area contributed by atoms with Crippen LogP contribution in [0.5, 0.6) is 11.5 Å². The Bertz CT molecular complexity index is 1730. The van der Waals surface area contributed by atoms with Gasteiger partial charge in [-0.3, -0.25) is 13.9 Å². The molecule has 4 aromatic rings. The minimum Gasteiger partial charge on any atom is -0.497 e. The highest BCUT2D eigenvalue weighted by atomic mass is 32.2. The van der Waals surface area contributed by atoms with E-state index in [0.29, 0.717) is 12.3 Å². The molecule has 1 N–H and O–H groups in total. The molecule has 0 aliphatic rings. The quantitative estimate of drug-likeness (QED) is 0.154. The first-order valence-corrected chi connectivity index (χ1v) is 17.1. The van der Waals surface area contributed by atoms with E-state index >= 15 is 0 Å². The van der Waals surface area contributed by atoms with E-state index in [1.165, 1.54) is 24.1 Å². The van der Waals surface area contributed by atoms with Gasteiger partial charge in [-0.25, -0.2) is 8.42 Å². The monoisotopic (exact) mass is 657 g/mol. The first-order valence-electron chi connectivity index (χ1n) is 15.6. The third-order valence-corrected chi connectivity index (χ3v) is 9.60. The summed E-state index contributed by atoms with van der Waals surface area (Å²) >= 11 is 0. The zero-order valence-electron chi connectivity index (χ0n) is 27.4. The fraction of sp³-hybridized carbons (Fsp3) is 0.297. The molecular formula is C37H43N3O6S. The number of unbranched alkanes of at least 4 members (excludes halogenated alkanes) is 1. The second-order valence-corrected chi connectivity index (χ2v) is 13.1. The molecule has 0 aromatic heterocycles. The van der Waals surface area contributed by atoms with E-state index in [0.717, 1.165) is 33.8 Å². The number of hydrogen-bond donors (Lipinski definition) is 1. The molecule has 0 saturated carbocycles. The molecular weight excluding hydrogens is 614 g/mol. The Kier molecular flexibility index (Phi) is 12.4. The van der Waals surface area contributed by atoms with Crippen molar-refractivity contribution in [3.63, 3.8) is 0 Å². The van der Waals surface area contributed by atoms with Crippen LogP contribution < -0.4 is 19.1 Å². The number of aryl methyl sites for hydroxylation is 1. The number of para-hydroxylation sites is 2. The minimum atomic E-state index is -4.25. The molecule has 0 aliphatic carbocycles. The first kappa shape index (κ1) is 35.0. The second-order valence-electron chi connectivity index (χ2n) is 11.2. The molecule has 0 saturated heterocycles. The van der Waals surface area contributed by atoms with Gasteiger partial charge in [0.05, 0.1) is 24.8 Å². The molecule has 4 rings (SSSR count). The molecule has 4 aromatic carbocycles. The zero-order chi connectivity index (χ0) is 33.8. The van der Waals surface area contributed by atoms with E-state index in [2.05, 4.69) is 5.32 Å². The summed E-state index contributed by atoms with van der Waals surface area (Å²) in [5.74, 6) is 0.0118. The lowest BCUT2D eigenvalue weighted by atomic mass is 10.0. The Balaban J connectivity index is 1.82. The largest absolute Gasteiger partial charge is 0.497 e. The Hall–Kier alpha value is -4.83. The second kappa shape index (κ2) is 16.6. The number of carbonyl (C=O) groups is 2. The third kappa shape index (κ3) is 9.13. The topological polar surface area (TPSA) is 105 Å². The minimum absolute atomic E-state index is 0.0271. The summed E-state index contributed by atoms with van der Waals surface area (Å²) in [6, 6.07) is 28.9. The van der Waals surface area contributed by atoms with Crippen LogP contribution in [0, 0.1) is 6.92 Å². The van der Waals surface area contributed by atoms with Gasteiger partial charge in [-0.1, -0.05) is 85.6 Å². The molecule has 0 fully saturated rings. The highest BCUT2D eigenvalue weighted by molar-refractivity contribution is 7.92. The summed E-state index contributed by atoms with van der Waals surface area (Å²) in [5, 5.41) is 3.00. The SMILES string of the molecule is CCCCNC(=O)[C@H](Cc1ccccc1)N(Cc1cccc(OC)c1)C(=O)CN(c1ccccc1OC)S(=O)(=O)c1ccc(C)cc1. The van der Waals surface area contributed by atoms with Crippen LogP contribution >= 0.6 is 0 Å². The van der Waals surface area contributed by atoms with Gasteiger partial charge in [-0.15, -0.1) is 0 Å². The van der Waals surface area contributed by atoms with Crippen molar-refractivity contribution in [1.29, 1.82) is 0 Å². The van der Waals surface area contributed by atoms with Gasteiger partial charge in [0.25, 0.3) is 10.0 Å². The van der Waals surface area contributed by atoms with Gasteiger partial charge in [0.15, 0.2) is 0 Å². The van der Waals surface area contributed by atoms with Crippen molar-refractivity contribution in [2.24, 2.45) is 0 Å². The molecule has 10 heteroatoms. The van der Waals surface area contributed by atoms with Crippen LogP contribution in [0.1, 0.15) is 36.5 Å². The molecule has 47 heavy (non-hydrogen) atoms. The number of rotatable bonds is 16. The molecule has 0 unspecified atom stereocenters. The molecule has 9 nitrogen and oxygen atoms in total. The third-order valence-electron chi connectivity index (χ3n) is 7.83. The van der Waals surface area contributed by atoms with E-state index in [1.807, 2.05) is 56.3 Å². The van der Waals surface area contributed by atoms with Crippen molar-refractivity contribution in [2.75, 3.05) is 31.6 Å². The zero-order valence-corrected chi connectivity index (χ0v) is 28.2. The number of anilines is 1. The van der Waals surface area contributed by atoms with Crippen molar-refractivity contribution in [3.05, 3.63) is 120 Å².